The highest BCUT2D eigenvalue weighted by molar-refractivity contribution is 6.31. The maximum atomic E-state index is 13.7. The summed E-state index contributed by atoms with van der Waals surface area (Å²) in [5, 5.41) is 13.8. The van der Waals surface area contributed by atoms with Crippen LogP contribution in [-0.2, 0) is 9.53 Å². The van der Waals surface area contributed by atoms with Crippen molar-refractivity contribution in [1.29, 1.82) is 0 Å². The summed E-state index contributed by atoms with van der Waals surface area (Å²) < 4.78 is 31.4. The number of hydrogen-bond donors (Lipinski definition) is 2. The van der Waals surface area contributed by atoms with Crippen molar-refractivity contribution in [3.8, 4) is 11.5 Å². The predicted molar refractivity (Wildman–Crippen MR) is 152 cm³/mol. The number of ether oxygens (including phenoxy) is 3. The number of esters is 1. The molecule has 1 heterocycles. The molecule has 0 radical (unpaired) electrons. The molecule has 9 nitrogen and oxygen atoms in total. The average molecular weight is 575 g/mol. The van der Waals surface area contributed by atoms with Crippen molar-refractivity contribution in [1.82, 2.24) is 14.9 Å². The molecule has 4 rings (SSSR count). The molecule has 40 heavy (non-hydrogen) atoms. The Morgan fingerprint density at radius 1 is 1.20 bits per heavy atom. The third-order valence-corrected chi connectivity index (χ3v) is 6.30. The largest absolute Gasteiger partial charge is 0.489 e. The molecule has 0 amide bonds. The lowest BCUT2D eigenvalue weighted by Gasteiger charge is -2.26. The second-order valence-electron chi connectivity index (χ2n) is 11.1. The van der Waals surface area contributed by atoms with E-state index in [4.69, 9.17) is 25.8 Å². The van der Waals surface area contributed by atoms with Gasteiger partial charge >= 0.3 is 5.97 Å². The van der Waals surface area contributed by atoms with Crippen LogP contribution in [0.25, 0.3) is 10.9 Å². The lowest BCUT2D eigenvalue weighted by Crippen LogP contribution is -2.40. The van der Waals surface area contributed by atoms with Gasteiger partial charge in [-0.1, -0.05) is 11.6 Å². The molecule has 1 fully saturated rings. The second kappa shape index (κ2) is 13.0. The molecular formula is C29H36ClFN4O5. The fraction of sp³-hybridized carbons (Fsp3) is 0.483. The Balaban J connectivity index is 1.54. The highest BCUT2D eigenvalue weighted by atomic mass is 35.5. The summed E-state index contributed by atoms with van der Waals surface area (Å²) in [5.74, 6) is 1.20. The SMILES string of the molecule is C[C@@H](O)CN(CCOc1cc2c(Nc3ccc(F)c(Cl)c3)ncnc2cc1OCC1CC1)CC(=O)OC(C)(C)C. The number of halogens is 2. The molecule has 0 unspecified atom stereocenters. The van der Waals surface area contributed by atoms with Crippen LogP contribution in [0.15, 0.2) is 36.7 Å². The molecule has 1 aliphatic rings. The molecule has 0 saturated heterocycles. The Labute approximate surface area is 238 Å². The summed E-state index contributed by atoms with van der Waals surface area (Å²) in [6.45, 7) is 8.59. The minimum atomic E-state index is -0.633. The smallest absolute Gasteiger partial charge is 0.320 e. The molecule has 2 aromatic carbocycles. The quantitative estimate of drug-likeness (QED) is 0.261. The molecule has 216 valence electrons. The van der Waals surface area contributed by atoms with Crippen LogP contribution in [0.5, 0.6) is 11.5 Å². The van der Waals surface area contributed by atoms with E-state index in [1.54, 1.807) is 24.0 Å². The molecule has 3 aromatic rings. The van der Waals surface area contributed by atoms with Gasteiger partial charge in [-0.15, -0.1) is 0 Å². The Morgan fingerprint density at radius 3 is 2.62 bits per heavy atom. The van der Waals surface area contributed by atoms with Crippen LogP contribution >= 0.6 is 11.6 Å². The van der Waals surface area contributed by atoms with Gasteiger partial charge in [-0.2, -0.15) is 0 Å². The number of nitrogens with one attached hydrogen (secondary N) is 1. The number of hydrogen-bond acceptors (Lipinski definition) is 9. The highest BCUT2D eigenvalue weighted by Gasteiger charge is 2.24. The fourth-order valence-electron chi connectivity index (χ4n) is 4.04. The van der Waals surface area contributed by atoms with E-state index in [-0.39, 0.29) is 30.7 Å². The number of aromatic nitrogens is 2. The number of aliphatic hydroxyl groups is 1. The topological polar surface area (TPSA) is 106 Å². The zero-order valence-electron chi connectivity index (χ0n) is 23.2. The van der Waals surface area contributed by atoms with E-state index in [1.807, 2.05) is 26.8 Å². The number of nitrogens with zero attached hydrogens (tertiary/aromatic N) is 3. The van der Waals surface area contributed by atoms with Gasteiger partial charge in [0.25, 0.3) is 0 Å². The van der Waals surface area contributed by atoms with E-state index in [0.29, 0.717) is 53.0 Å². The van der Waals surface area contributed by atoms with Crippen molar-refractivity contribution in [3.63, 3.8) is 0 Å². The monoisotopic (exact) mass is 574 g/mol. The lowest BCUT2D eigenvalue weighted by molar-refractivity contribution is -0.156. The standard InChI is InChI=1S/C29H36ClFN4O5/c1-18(36)14-35(15-27(37)40-29(2,3)4)9-10-38-25-12-21-24(13-26(25)39-16-19-5-6-19)32-17-33-28(21)34-20-7-8-23(31)22(30)11-20/h7-8,11-13,17-19,36H,5-6,9-10,14-16H2,1-4H3,(H,32,33,34)/t18-/m1/s1. The maximum Gasteiger partial charge on any atom is 0.320 e. The summed E-state index contributed by atoms with van der Waals surface area (Å²) in [7, 11) is 0. The summed E-state index contributed by atoms with van der Waals surface area (Å²) in [6.07, 6.45) is 3.08. The van der Waals surface area contributed by atoms with Crippen LogP contribution in [0.1, 0.15) is 40.5 Å². The third-order valence-electron chi connectivity index (χ3n) is 6.01. The molecule has 1 saturated carbocycles. The molecule has 2 N–H and O–H groups in total. The van der Waals surface area contributed by atoms with Crippen LogP contribution in [0.3, 0.4) is 0 Å². The van der Waals surface area contributed by atoms with E-state index in [1.165, 1.54) is 18.5 Å². The molecular weight excluding hydrogens is 539 g/mol. The first-order chi connectivity index (χ1) is 19.0. The minimum Gasteiger partial charge on any atom is -0.489 e. The highest BCUT2D eigenvalue weighted by Crippen LogP contribution is 2.37. The number of aliphatic hydroxyl groups excluding tert-OH is 1. The van der Waals surface area contributed by atoms with E-state index < -0.39 is 17.5 Å². The zero-order chi connectivity index (χ0) is 28.9. The van der Waals surface area contributed by atoms with Crippen molar-refractivity contribution in [2.24, 2.45) is 5.92 Å². The van der Waals surface area contributed by atoms with Gasteiger partial charge in [0, 0.05) is 30.2 Å². The first-order valence-corrected chi connectivity index (χ1v) is 13.7. The molecule has 11 heteroatoms. The van der Waals surface area contributed by atoms with Crippen LogP contribution in [0.4, 0.5) is 15.9 Å². The van der Waals surface area contributed by atoms with Gasteiger partial charge in [-0.25, -0.2) is 14.4 Å². The van der Waals surface area contributed by atoms with Crippen molar-refractivity contribution in [2.45, 2.75) is 52.2 Å². The van der Waals surface area contributed by atoms with E-state index >= 15 is 0 Å². The Kier molecular flexibility index (Phi) is 9.65. The Bertz CT molecular complexity index is 1330. The van der Waals surface area contributed by atoms with Gasteiger partial charge in [0.1, 0.15) is 30.2 Å². The molecule has 1 aromatic heterocycles. The maximum absolute atomic E-state index is 13.7. The van der Waals surface area contributed by atoms with Crippen LogP contribution < -0.4 is 14.8 Å². The van der Waals surface area contributed by atoms with Gasteiger partial charge in [0.2, 0.25) is 0 Å². The van der Waals surface area contributed by atoms with Crippen LogP contribution in [0.2, 0.25) is 5.02 Å². The minimum absolute atomic E-state index is 0.00344. The van der Waals surface area contributed by atoms with Gasteiger partial charge in [-0.05, 0) is 70.7 Å². The Morgan fingerprint density at radius 2 is 1.95 bits per heavy atom. The number of rotatable bonds is 13. The van der Waals surface area contributed by atoms with Crippen LogP contribution in [-0.4, -0.2) is 70.5 Å². The summed E-state index contributed by atoms with van der Waals surface area (Å²) >= 11 is 5.95. The number of benzene rings is 2. The third kappa shape index (κ3) is 8.90. The average Bonchev–Trinajstić information content (AvgIpc) is 3.68. The van der Waals surface area contributed by atoms with Gasteiger partial charge in [0.05, 0.1) is 29.8 Å². The normalized spacial score (nSPS) is 14.3. The molecule has 0 aliphatic heterocycles. The first-order valence-electron chi connectivity index (χ1n) is 13.4. The van der Waals surface area contributed by atoms with Gasteiger partial charge < -0.3 is 24.6 Å². The molecule has 0 bridgehead atoms. The summed E-state index contributed by atoms with van der Waals surface area (Å²) in [4.78, 5) is 23.0. The van der Waals surface area contributed by atoms with E-state index in [0.717, 1.165) is 12.8 Å². The number of carbonyl (C=O) groups excluding carboxylic acids is 1. The number of anilines is 2. The summed E-state index contributed by atoms with van der Waals surface area (Å²) in [6, 6.07) is 7.95. The van der Waals surface area contributed by atoms with E-state index in [9.17, 15) is 14.3 Å². The van der Waals surface area contributed by atoms with Crippen molar-refractivity contribution in [3.05, 3.63) is 47.5 Å². The first kappa shape index (κ1) is 29.8. The molecule has 0 spiro atoms. The molecule has 1 atom stereocenters. The van der Waals surface area contributed by atoms with Crippen molar-refractivity contribution >= 4 is 40.0 Å². The predicted octanol–water partition coefficient (Wildman–Crippen LogP) is 5.36. The fourth-order valence-corrected chi connectivity index (χ4v) is 4.22. The number of fused-ring (bicyclic) bond motifs is 1. The van der Waals surface area contributed by atoms with Gasteiger partial charge in [-0.3, -0.25) is 9.69 Å². The zero-order valence-corrected chi connectivity index (χ0v) is 24.0. The number of carbonyl (C=O) groups is 1. The van der Waals surface area contributed by atoms with E-state index in [2.05, 4.69) is 15.3 Å². The second-order valence-corrected chi connectivity index (χ2v) is 11.5. The van der Waals surface area contributed by atoms with Crippen molar-refractivity contribution < 1.29 is 28.5 Å². The summed E-state index contributed by atoms with van der Waals surface area (Å²) in [5.41, 5.74) is 0.610. The van der Waals surface area contributed by atoms with Gasteiger partial charge in [0.15, 0.2) is 11.5 Å². The lowest BCUT2D eigenvalue weighted by atomic mass is 10.2. The molecule has 1 aliphatic carbocycles. The Hall–Kier alpha value is -3.21. The van der Waals surface area contributed by atoms with Crippen molar-refractivity contribution in [2.75, 3.05) is 38.2 Å². The van der Waals surface area contributed by atoms with Crippen LogP contribution in [0, 0.1) is 11.7 Å².